The van der Waals surface area contributed by atoms with Gasteiger partial charge in [0.2, 0.25) is 0 Å². The molecule has 1 aromatic rings. The molecule has 1 aromatic heterocycles. The molecule has 0 aliphatic carbocycles. The number of hydrogen-bond acceptors (Lipinski definition) is 3. The van der Waals surface area contributed by atoms with Gasteiger partial charge >= 0.3 is 0 Å². The van der Waals surface area contributed by atoms with E-state index in [1.54, 1.807) is 14.2 Å². The summed E-state index contributed by atoms with van der Waals surface area (Å²) < 4.78 is 5.84. The van der Waals surface area contributed by atoms with Crippen LogP contribution in [0.2, 0.25) is 0 Å². The van der Waals surface area contributed by atoms with Crippen molar-refractivity contribution in [2.45, 2.75) is 0 Å². The fraction of sp³-hybridized carbons (Fsp3) is 0.286. The number of hydrogen-bond donors (Lipinski definition) is 1. The second-order valence-electron chi connectivity index (χ2n) is 1.93. The minimum Gasteiger partial charge on any atom is -0.493 e. The second kappa shape index (κ2) is 3.57. The van der Waals surface area contributed by atoms with E-state index in [1.807, 2.05) is 12.1 Å². The molecule has 0 saturated heterocycles. The first-order valence-electron chi connectivity index (χ1n) is 3.16. The molecule has 0 radical (unpaired) electrons. The van der Waals surface area contributed by atoms with Crippen LogP contribution >= 0.6 is 15.9 Å². The van der Waals surface area contributed by atoms with E-state index in [0.717, 1.165) is 16.2 Å². The summed E-state index contributed by atoms with van der Waals surface area (Å²) in [5.41, 5.74) is 0. The first kappa shape index (κ1) is 8.33. The lowest BCUT2D eigenvalue weighted by Crippen LogP contribution is -1.96. The molecule has 0 saturated carbocycles. The van der Waals surface area contributed by atoms with Crippen molar-refractivity contribution >= 4 is 21.7 Å². The monoisotopic (exact) mass is 216 g/mol. The quantitative estimate of drug-likeness (QED) is 0.768. The highest BCUT2D eigenvalue weighted by Crippen LogP contribution is 2.22. The zero-order chi connectivity index (χ0) is 8.27. The van der Waals surface area contributed by atoms with Crippen molar-refractivity contribution in [3.8, 4) is 5.75 Å². The Morgan fingerprint density at radius 3 is 2.82 bits per heavy atom. The number of nitrogens with one attached hydrogen (secondary N) is 1. The molecule has 0 bridgehead atoms. The lowest BCUT2D eigenvalue weighted by molar-refractivity contribution is 0.415. The highest BCUT2D eigenvalue weighted by Gasteiger charge is 2.01. The number of pyridine rings is 1. The Hall–Kier alpha value is -0.770. The van der Waals surface area contributed by atoms with Crippen LogP contribution in [0.15, 0.2) is 16.7 Å². The zero-order valence-corrected chi connectivity index (χ0v) is 7.97. The summed E-state index contributed by atoms with van der Waals surface area (Å²) in [6.07, 6.45) is 0. The summed E-state index contributed by atoms with van der Waals surface area (Å²) in [5.74, 6) is 1.48. The molecule has 0 fully saturated rings. The van der Waals surface area contributed by atoms with Crippen LogP contribution in [-0.4, -0.2) is 19.1 Å². The van der Waals surface area contributed by atoms with Crippen LogP contribution in [0.25, 0.3) is 0 Å². The smallest absolute Gasteiger partial charge is 0.169 e. The molecule has 1 heterocycles. The summed E-state index contributed by atoms with van der Waals surface area (Å²) in [5, 5.41) is 2.92. The zero-order valence-electron chi connectivity index (χ0n) is 6.39. The van der Waals surface area contributed by atoms with Crippen LogP contribution in [0.4, 0.5) is 5.82 Å². The number of nitrogens with zero attached hydrogens (tertiary/aromatic N) is 1. The maximum absolute atomic E-state index is 5.05. The maximum Gasteiger partial charge on any atom is 0.169 e. The Bertz CT molecular complexity index is 252. The number of rotatable bonds is 2. The molecule has 4 heteroatoms. The van der Waals surface area contributed by atoms with Gasteiger partial charge in [0.05, 0.1) is 7.11 Å². The number of halogens is 1. The summed E-state index contributed by atoms with van der Waals surface area (Å²) in [6.45, 7) is 0. The van der Waals surface area contributed by atoms with Crippen LogP contribution in [-0.2, 0) is 0 Å². The van der Waals surface area contributed by atoms with Gasteiger partial charge in [-0.25, -0.2) is 4.98 Å². The van der Waals surface area contributed by atoms with Crippen molar-refractivity contribution in [3.63, 3.8) is 0 Å². The van der Waals surface area contributed by atoms with Gasteiger partial charge in [0, 0.05) is 7.05 Å². The molecule has 0 spiro atoms. The minimum absolute atomic E-state index is 0.738. The van der Waals surface area contributed by atoms with Gasteiger partial charge in [-0.15, -0.1) is 0 Å². The Kier molecular flexibility index (Phi) is 2.70. The molecule has 0 unspecified atom stereocenters. The molecule has 0 aromatic carbocycles. The van der Waals surface area contributed by atoms with Crippen molar-refractivity contribution in [2.24, 2.45) is 0 Å². The Morgan fingerprint density at radius 1 is 1.55 bits per heavy atom. The molecule has 11 heavy (non-hydrogen) atoms. The number of anilines is 1. The van der Waals surface area contributed by atoms with E-state index in [2.05, 4.69) is 26.2 Å². The van der Waals surface area contributed by atoms with Gasteiger partial charge in [0.25, 0.3) is 0 Å². The van der Waals surface area contributed by atoms with Crippen LogP contribution < -0.4 is 10.1 Å². The second-order valence-corrected chi connectivity index (χ2v) is 2.75. The predicted molar refractivity (Wildman–Crippen MR) is 48.0 cm³/mol. The molecular weight excluding hydrogens is 208 g/mol. The molecule has 1 rings (SSSR count). The third kappa shape index (κ3) is 1.83. The van der Waals surface area contributed by atoms with E-state index >= 15 is 0 Å². The summed E-state index contributed by atoms with van der Waals surface area (Å²) in [7, 11) is 3.42. The Balaban J connectivity index is 3.06. The van der Waals surface area contributed by atoms with E-state index in [9.17, 15) is 0 Å². The topological polar surface area (TPSA) is 34.2 Å². The van der Waals surface area contributed by atoms with Crippen molar-refractivity contribution in [1.82, 2.24) is 4.98 Å². The minimum atomic E-state index is 0.738. The highest BCUT2D eigenvalue weighted by atomic mass is 79.9. The van der Waals surface area contributed by atoms with Crippen LogP contribution in [0, 0.1) is 0 Å². The van der Waals surface area contributed by atoms with Gasteiger partial charge in [-0.05, 0) is 28.1 Å². The molecule has 3 nitrogen and oxygen atoms in total. The summed E-state index contributed by atoms with van der Waals surface area (Å²) >= 11 is 3.26. The summed E-state index contributed by atoms with van der Waals surface area (Å²) in [4.78, 5) is 4.14. The SMILES string of the molecule is CNc1nc(Br)ccc1OC. The van der Waals surface area contributed by atoms with E-state index in [4.69, 9.17) is 4.74 Å². The van der Waals surface area contributed by atoms with Gasteiger partial charge in [-0.1, -0.05) is 0 Å². The van der Waals surface area contributed by atoms with Crippen molar-refractivity contribution in [1.29, 1.82) is 0 Å². The Labute approximate surface area is 73.9 Å². The molecule has 0 aliphatic heterocycles. The van der Waals surface area contributed by atoms with Crippen molar-refractivity contribution in [2.75, 3.05) is 19.5 Å². The third-order valence-corrected chi connectivity index (χ3v) is 1.72. The average Bonchev–Trinajstić information content (AvgIpc) is 2.04. The summed E-state index contributed by atoms with van der Waals surface area (Å²) in [6, 6.07) is 3.68. The standard InChI is InChI=1S/C7H9BrN2O/c1-9-7-5(11-2)3-4-6(8)10-7/h3-4H,1-2H3,(H,9,10). The van der Waals surface area contributed by atoms with Gasteiger partial charge in [0.15, 0.2) is 11.6 Å². The van der Waals surface area contributed by atoms with Crippen LogP contribution in [0.5, 0.6) is 5.75 Å². The largest absolute Gasteiger partial charge is 0.493 e. The Morgan fingerprint density at radius 2 is 2.27 bits per heavy atom. The highest BCUT2D eigenvalue weighted by molar-refractivity contribution is 9.10. The average molecular weight is 217 g/mol. The molecular formula is C7H9BrN2O. The first-order valence-corrected chi connectivity index (χ1v) is 3.95. The maximum atomic E-state index is 5.05. The first-order chi connectivity index (χ1) is 5.27. The van der Waals surface area contributed by atoms with Crippen LogP contribution in [0.1, 0.15) is 0 Å². The third-order valence-electron chi connectivity index (χ3n) is 1.28. The van der Waals surface area contributed by atoms with E-state index in [1.165, 1.54) is 0 Å². The van der Waals surface area contributed by atoms with E-state index < -0.39 is 0 Å². The predicted octanol–water partition coefficient (Wildman–Crippen LogP) is 1.89. The molecule has 0 atom stereocenters. The molecule has 0 aliphatic rings. The normalized spacial score (nSPS) is 9.36. The van der Waals surface area contributed by atoms with E-state index in [0.29, 0.717) is 0 Å². The lowest BCUT2D eigenvalue weighted by Gasteiger charge is -2.05. The van der Waals surface area contributed by atoms with Gasteiger partial charge < -0.3 is 10.1 Å². The lowest BCUT2D eigenvalue weighted by atomic mass is 10.4. The van der Waals surface area contributed by atoms with Crippen LogP contribution in [0.3, 0.4) is 0 Å². The molecule has 60 valence electrons. The fourth-order valence-corrected chi connectivity index (χ4v) is 1.08. The van der Waals surface area contributed by atoms with Gasteiger partial charge in [-0.2, -0.15) is 0 Å². The van der Waals surface area contributed by atoms with Crippen molar-refractivity contribution in [3.05, 3.63) is 16.7 Å². The van der Waals surface area contributed by atoms with Gasteiger partial charge in [0.1, 0.15) is 4.60 Å². The number of ether oxygens (including phenoxy) is 1. The van der Waals surface area contributed by atoms with Crippen molar-refractivity contribution < 1.29 is 4.74 Å². The van der Waals surface area contributed by atoms with E-state index in [-0.39, 0.29) is 0 Å². The number of methoxy groups -OCH3 is 1. The van der Waals surface area contributed by atoms with Gasteiger partial charge in [-0.3, -0.25) is 0 Å². The molecule has 0 amide bonds. The molecule has 1 N–H and O–H groups in total. The fourth-order valence-electron chi connectivity index (χ4n) is 0.766. The number of aromatic nitrogens is 1.